The van der Waals surface area contributed by atoms with Crippen LogP contribution >= 0.6 is 0 Å². The van der Waals surface area contributed by atoms with Crippen molar-refractivity contribution in [2.45, 2.75) is 321 Å². The van der Waals surface area contributed by atoms with E-state index in [1.165, 1.54) is 12.8 Å². The summed E-state index contributed by atoms with van der Waals surface area (Å²) in [6, 6.07) is 19.9. The van der Waals surface area contributed by atoms with Gasteiger partial charge in [-0.3, -0.25) is 0 Å². The van der Waals surface area contributed by atoms with Gasteiger partial charge in [0.25, 0.3) is 0 Å². The molecule has 0 amide bonds. The van der Waals surface area contributed by atoms with Gasteiger partial charge in [0.1, 0.15) is 30.7 Å². The number of aliphatic hydroxyl groups excluding tert-OH is 2. The smallest absolute Gasteiger partial charge is 0.343 e. The predicted octanol–water partition coefficient (Wildman–Crippen LogP) is 13.9. The number of benzene rings is 2. The zero-order chi connectivity index (χ0) is 75.6. The van der Waals surface area contributed by atoms with Crippen LogP contribution in [0.3, 0.4) is 0 Å². The van der Waals surface area contributed by atoms with Gasteiger partial charge in [0.2, 0.25) is 22.4 Å². The van der Waals surface area contributed by atoms with E-state index in [9.17, 15) is 34.2 Å². The van der Waals surface area contributed by atoms with Crippen molar-refractivity contribution in [1.29, 1.82) is 0 Å². The van der Waals surface area contributed by atoms with Crippen LogP contribution < -0.4 is 0 Å². The molecule has 100 heavy (non-hydrogen) atoms. The number of epoxide rings is 4. The maximum atomic E-state index is 12.9. The first kappa shape index (κ1) is 90.4. The maximum absolute atomic E-state index is 12.9. The highest BCUT2D eigenvalue weighted by molar-refractivity contribution is 6.75. The molecule has 21 nitrogen and oxygen atoms in total. The summed E-state index contributed by atoms with van der Waals surface area (Å²) < 4.78 is 79.6. The third-order valence-corrected chi connectivity index (χ3v) is 33.8. The molecule has 0 aliphatic carbocycles. The van der Waals surface area contributed by atoms with E-state index in [0.717, 1.165) is 43.5 Å². The molecule has 4 unspecified atom stereocenters. The minimum Gasteiger partial charge on any atom is -0.464 e. The average molecular weight is 1470 g/mol. The fourth-order valence-electron chi connectivity index (χ4n) is 11.2. The van der Waals surface area contributed by atoms with Crippen LogP contribution in [0.5, 0.6) is 0 Å². The lowest BCUT2D eigenvalue weighted by Crippen LogP contribution is -2.52. The highest BCUT2D eigenvalue weighted by Gasteiger charge is 2.72. The second-order valence-corrected chi connectivity index (χ2v) is 44.9. The minimum absolute atomic E-state index is 0.0133. The van der Waals surface area contributed by atoms with Gasteiger partial charge < -0.3 is 80.4 Å². The van der Waals surface area contributed by atoms with Crippen molar-refractivity contribution in [3.63, 3.8) is 0 Å². The van der Waals surface area contributed by atoms with Crippen LogP contribution in [0.1, 0.15) is 193 Å². The third kappa shape index (κ3) is 24.4. The van der Waals surface area contributed by atoms with Crippen molar-refractivity contribution in [3.8, 4) is 0 Å². The summed E-state index contributed by atoms with van der Waals surface area (Å²) in [6.45, 7) is 52.3. The Morgan fingerprint density at radius 2 is 0.780 bits per heavy atom. The Kier molecular flexibility index (Phi) is 36.7. The van der Waals surface area contributed by atoms with Crippen LogP contribution in [-0.2, 0) is 103 Å². The lowest BCUT2D eigenvalue weighted by atomic mass is 9.94. The molecular weight excluding hydrogens is 1330 g/mol. The van der Waals surface area contributed by atoms with Crippen LogP contribution in [0.2, 0.25) is 54.4 Å². The molecule has 5 fully saturated rings. The molecule has 24 heteroatoms. The molecule has 574 valence electrons. The Hall–Kier alpha value is -3.84. The molecule has 5 heterocycles. The second-order valence-electron chi connectivity index (χ2n) is 30.6. The quantitative estimate of drug-likeness (QED) is 0.0160. The van der Waals surface area contributed by atoms with E-state index in [0.29, 0.717) is 71.7 Å². The van der Waals surface area contributed by atoms with E-state index in [1.54, 1.807) is 20.8 Å². The van der Waals surface area contributed by atoms with Crippen molar-refractivity contribution in [1.82, 2.24) is 0 Å². The van der Waals surface area contributed by atoms with E-state index < -0.39 is 77.6 Å². The largest absolute Gasteiger partial charge is 0.464 e. The summed E-state index contributed by atoms with van der Waals surface area (Å²) in [4.78, 5) is 60.9. The molecule has 5 saturated heterocycles. The Bertz CT molecular complexity index is 2720. The molecule has 0 aromatic heterocycles. The van der Waals surface area contributed by atoms with Crippen molar-refractivity contribution in [3.05, 3.63) is 71.8 Å². The lowest BCUT2D eigenvalue weighted by Gasteiger charge is -2.40. The zero-order valence-electron chi connectivity index (χ0n) is 65.5. The van der Waals surface area contributed by atoms with Gasteiger partial charge in [0, 0.05) is 45.9 Å². The topological polar surface area (TPSA) is 268 Å². The summed E-state index contributed by atoms with van der Waals surface area (Å²) in [7, 11) is -6.33. The highest BCUT2D eigenvalue weighted by atomic mass is 28.4. The first-order chi connectivity index (χ1) is 46.9. The van der Waals surface area contributed by atoms with Crippen LogP contribution in [-0.4, -0.2) is 196 Å². The van der Waals surface area contributed by atoms with Gasteiger partial charge in [-0.2, -0.15) is 0 Å². The van der Waals surface area contributed by atoms with E-state index in [1.807, 2.05) is 95.3 Å². The third-order valence-electron chi connectivity index (χ3n) is 20.4. The molecule has 2 aromatic carbocycles. The van der Waals surface area contributed by atoms with Crippen LogP contribution in [0.15, 0.2) is 60.7 Å². The first-order valence-electron chi connectivity index (χ1n) is 36.8. The van der Waals surface area contributed by atoms with Gasteiger partial charge in [-0.1, -0.05) is 151 Å². The van der Waals surface area contributed by atoms with Crippen LogP contribution in [0.25, 0.3) is 0 Å². The van der Waals surface area contributed by atoms with Gasteiger partial charge in [-0.15, -0.1) is 0 Å². The molecule has 0 bridgehead atoms. The molecule has 2 N–H and O–H groups in total. The van der Waals surface area contributed by atoms with Gasteiger partial charge in [0.15, 0.2) is 25.0 Å². The van der Waals surface area contributed by atoms with E-state index >= 15 is 0 Å². The normalized spacial score (nSPS) is 25.0. The van der Waals surface area contributed by atoms with E-state index in [4.69, 9.17) is 65.4 Å². The van der Waals surface area contributed by atoms with Gasteiger partial charge in [-0.05, 0) is 145 Å². The number of esters is 4. The summed E-state index contributed by atoms with van der Waals surface area (Å²) in [5.41, 5.74) is -2.14. The SMILES string of the molecule is C1CCOC1.CCOC(=O)[C@@]1([C@@H](CC=O)O[Si](C)(C)C(C)(C)C)OC1CC.CCOC(=O)[C@@]1([C@@H](CCO)O[Si](C)(C)C(C)(C)C)OC1CC.CCOC(=O)[C@@]1([C@@H](CCOCc2ccccc2)O[Si](C)(C)C(C)(C)C)OC1CC.CCOC(=O)[C@@]1([C@H](O)CCOCc2ccccc2)OC1CC. The Morgan fingerprint density at radius 3 is 1.06 bits per heavy atom. The Morgan fingerprint density at radius 1 is 0.480 bits per heavy atom. The van der Waals surface area contributed by atoms with E-state index in [-0.39, 0.29) is 83.8 Å². The summed E-state index contributed by atoms with van der Waals surface area (Å²) in [6.07, 6.45) is 4.47. The molecule has 2 aromatic rings. The van der Waals surface area contributed by atoms with Gasteiger partial charge in [-0.25, -0.2) is 19.2 Å². The Labute approximate surface area is 603 Å². The number of hydrogen-bond donors (Lipinski definition) is 2. The van der Waals surface area contributed by atoms with Crippen molar-refractivity contribution >= 4 is 55.1 Å². The second kappa shape index (κ2) is 40.6. The summed E-state index contributed by atoms with van der Waals surface area (Å²) in [5, 5.41) is 19.8. The fourth-order valence-corrected chi connectivity index (χ4v) is 15.2. The van der Waals surface area contributed by atoms with Gasteiger partial charge >= 0.3 is 23.9 Å². The summed E-state index contributed by atoms with van der Waals surface area (Å²) in [5.74, 6) is -1.55. The molecule has 0 saturated carbocycles. The zero-order valence-corrected chi connectivity index (χ0v) is 68.5. The molecule has 0 spiro atoms. The molecular formula is C76H132O21Si3. The Balaban J connectivity index is 0.000000340. The predicted molar refractivity (Wildman–Crippen MR) is 394 cm³/mol. The van der Waals surface area contributed by atoms with Crippen LogP contribution in [0, 0.1) is 0 Å². The number of aliphatic hydroxyl groups is 2. The molecule has 5 aliphatic heterocycles. The minimum atomic E-state index is -2.13. The molecule has 12 atom stereocenters. The molecule has 7 rings (SSSR count). The van der Waals surface area contributed by atoms with Crippen molar-refractivity contribution in [2.24, 2.45) is 0 Å². The van der Waals surface area contributed by atoms with Gasteiger partial charge in [0.05, 0.1) is 64.1 Å². The number of aldehydes is 1. The van der Waals surface area contributed by atoms with E-state index in [2.05, 4.69) is 102 Å². The summed E-state index contributed by atoms with van der Waals surface area (Å²) >= 11 is 0. The standard InChI is InChI=1S/C23H38O5Si.C17H24O5.C16H32O5Si.C16H30O5Si.C4H8O/c1-8-19-23(27-19,21(24)26-9-2)20(28-29(6,7)22(3,4)5)15-16-25-17-18-13-11-10-12-14-18;1-3-15-17(22-15,16(19)21-4-2)14(18)10-11-20-12-13-8-6-5-7-9-13;2*1-8-12-16(20-12,14(18)19-9-2)13(10-11-17)21-22(6,7)15(3,4)5;1-2-4-5-3-1/h10-14,19-20H,8-9,15-17H2,1-7H3;5-9,14-15,18H,3-4,10-12H2,1-2H3;12-13,17H,8-11H2,1-7H3;11-13H,8-10H2,1-7H3;1-4H2/t19?,20-,23-;14-,15?,17+;2*12?,13-,16-;/m1111./s1. The van der Waals surface area contributed by atoms with Crippen LogP contribution in [0.4, 0.5) is 0 Å². The number of rotatable bonds is 36. The average Bonchev–Trinajstić information content (AvgIpc) is 1.59. The number of hydrogen-bond acceptors (Lipinski definition) is 21. The maximum Gasteiger partial charge on any atom is 0.343 e. The van der Waals surface area contributed by atoms with Crippen molar-refractivity contribution in [2.75, 3.05) is 59.5 Å². The number of carbonyl (C=O) groups excluding carboxylic acids is 5. The van der Waals surface area contributed by atoms with Crippen molar-refractivity contribution < 1.29 is 99.6 Å². The monoisotopic (exact) mass is 1460 g/mol. The molecule has 5 aliphatic rings. The first-order valence-corrected chi connectivity index (χ1v) is 45.6. The number of ether oxygens (including phenoxy) is 11. The molecule has 0 radical (unpaired) electrons. The number of carbonyl (C=O) groups is 5. The highest BCUT2D eigenvalue weighted by Crippen LogP contribution is 2.52. The lowest BCUT2D eigenvalue weighted by molar-refractivity contribution is -0.155. The fraction of sp³-hybridized carbons (Fsp3) is 0.776.